The second-order valence-corrected chi connectivity index (χ2v) is 24.9. The summed E-state index contributed by atoms with van der Waals surface area (Å²) in [5, 5.41) is 16.9. The number of aryl methyl sites for hydroxylation is 1. The number of amides is 4. The van der Waals surface area contributed by atoms with E-state index in [1.54, 1.807) is 30.1 Å². The molecule has 7 aromatic rings. The minimum atomic E-state index is -1.61. The van der Waals surface area contributed by atoms with E-state index < -0.39 is 72.3 Å². The van der Waals surface area contributed by atoms with Crippen LogP contribution in [0.5, 0.6) is 5.75 Å². The summed E-state index contributed by atoms with van der Waals surface area (Å²) in [5.74, 6) is -5.20. The second kappa shape index (κ2) is 31.5. The summed E-state index contributed by atoms with van der Waals surface area (Å²) in [4.78, 5) is 113. The molecule has 0 spiro atoms. The Hall–Kier alpha value is -10.0. The Labute approximate surface area is 567 Å². The quantitative estimate of drug-likeness (QED) is 0.0210. The molecule has 0 saturated carbocycles. The molecule has 2 saturated heterocycles. The zero-order valence-electron chi connectivity index (χ0n) is 55.7. The number of pyridine rings is 1. The molecule has 24 nitrogen and oxygen atoms in total. The molecule has 2 fully saturated rings. The zero-order chi connectivity index (χ0) is 69.1. The van der Waals surface area contributed by atoms with E-state index in [0.717, 1.165) is 75.1 Å². The van der Waals surface area contributed by atoms with Gasteiger partial charge in [0.15, 0.2) is 11.9 Å². The van der Waals surface area contributed by atoms with E-state index in [4.69, 9.17) is 42.9 Å². The van der Waals surface area contributed by atoms with Gasteiger partial charge in [0, 0.05) is 113 Å². The number of Topliss-reactive ketones (excluding diaryl/α,β-unsaturated/α-hetero) is 1. The first-order valence-electron chi connectivity index (χ1n) is 32.9. The smallest absolute Gasteiger partial charge is 0.424 e. The molecule has 4 aliphatic rings. The molecule has 0 bridgehead atoms. The lowest BCUT2D eigenvalue weighted by Gasteiger charge is -2.43. The standard InChI is InChI=1S/C74H81N7O17/c1-45-67(46(2)82)98-72(69(96-48(4)84)68(45)95-47(3)83)97-64-41-50(25-26-61(64)71(87)88)76-65(85)30-36-91-38-39-92-37-35-81(74(90)94-44-63-59-23-13-9-19-55(59)56-20-10-14-24-60(56)63)51-27-32-79(33-28-51)66(86)29-34-80-52(40-49-16-15-31-75-70(49)80)42-77(5)78(6)73(89)93-43-62-57-21-11-7-17-53(57)54-18-8-12-22-58(54)62/h7-26,31,40-41,45,51,62-63,67-69,72H,27-30,32-39,42-44H2,1-6H3,(H,76,85)(H,87,88)/t45-,67+,68+,69-,72-/m1/s1. The largest absolute Gasteiger partial charge is 0.478 e. The number of rotatable bonds is 27. The van der Waals surface area contributed by atoms with E-state index in [1.807, 2.05) is 83.2 Å². The van der Waals surface area contributed by atoms with Gasteiger partial charge in [0.2, 0.25) is 24.2 Å². The number of piperidine rings is 1. The lowest BCUT2D eigenvalue weighted by Crippen LogP contribution is -2.59. The van der Waals surface area contributed by atoms with Crippen molar-refractivity contribution < 1.29 is 81.4 Å². The second-order valence-electron chi connectivity index (χ2n) is 24.9. The number of esters is 2. The van der Waals surface area contributed by atoms with Crippen molar-refractivity contribution in [3.63, 3.8) is 0 Å². The van der Waals surface area contributed by atoms with Gasteiger partial charge in [-0.25, -0.2) is 29.4 Å². The van der Waals surface area contributed by atoms with Crippen molar-refractivity contribution in [3.8, 4) is 28.0 Å². The summed E-state index contributed by atoms with van der Waals surface area (Å²) in [6.07, 6.45) is -3.58. The first-order chi connectivity index (χ1) is 47.3. The number of hydrogen-bond acceptors (Lipinski definition) is 18. The van der Waals surface area contributed by atoms with Crippen LogP contribution in [0.4, 0.5) is 15.3 Å². The molecular weight excluding hydrogens is 1260 g/mol. The molecule has 4 heterocycles. The van der Waals surface area contributed by atoms with Crippen molar-refractivity contribution in [2.24, 2.45) is 5.92 Å². The molecule has 5 atom stereocenters. The van der Waals surface area contributed by atoms with Crippen LogP contribution >= 0.6 is 0 Å². The number of aromatic carboxylic acids is 1. The van der Waals surface area contributed by atoms with Gasteiger partial charge >= 0.3 is 30.1 Å². The van der Waals surface area contributed by atoms with E-state index >= 15 is 0 Å². The highest BCUT2D eigenvalue weighted by atomic mass is 16.7. The van der Waals surface area contributed by atoms with Gasteiger partial charge in [-0.15, -0.1) is 0 Å². The number of anilines is 1. The summed E-state index contributed by atoms with van der Waals surface area (Å²) in [7, 11) is 3.50. The van der Waals surface area contributed by atoms with Crippen LogP contribution in [0.15, 0.2) is 140 Å². The highest BCUT2D eigenvalue weighted by Gasteiger charge is 2.51. The average molecular weight is 1340 g/mol. The number of aromatic nitrogens is 2. The van der Waals surface area contributed by atoms with E-state index in [1.165, 1.54) is 30.1 Å². The van der Waals surface area contributed by atoms with E-state index in [-0.39, 0.29) is 99.8 Å². The highest BCUT2D eigenvalue weighted by Crippen LogP contribution is 2.46. The van der Waals surface area contributed by atoms with Crippen LogP contribution in [0.2, 0.25) is 0 Å². The topological polar surface area (TPSA) is 273 Å². The maximum Gasteiger partial charge on any atom is 0.424 e. The van der Waals surface area contributed by atoms with E-state index in [0.29, 0.717) is 39.0 Å². The van der Waals surface area contributed by atoms with E-state index in [2.05, 4.69) is 53.8 Å². The van der Waals surface area contributed by atoms with Gasteiger partial charge in [0.25, 0.3) is 0 Å². The van der Waals surface area contributed by atoms with Crippen LogP contribution < -0.4 is 10.1 Å². The summed E-state index contributed by atoms with van der Waals surface area (Å²) in [6.45, 7) is 7.42. The number of benzene rings is 5. The van der Waals surface area contributed by atoms with Gasteiger partial charge < -0.3 is 62.7 Å². The van der Waals surface area contributed by atoms with Crippen LogP contribution in [-0.2, 0) is 70.2 Å². The van der Waals surface area contributed by atoms with Crippen molar-refractivity contribution in [2.45, 2.75) is 109 Å². The molecule has 98 heavy (non-hydrogen) atoms. The Kier molecular flexibility index (Phi) is 22.3. The number of carboxylic acid groups (broad SMARTS) is 1. The highest BCUT2D eigenvalue weighted by molar-refractivity contribution is 5.95. The molecule has 24 heteroatoms. The summed E-state index contributed by atoms with van der Waals surface area (Å²) < 4.78 is 48.9. The molecule has 0 radical (unpaired) electrons. The van der Waals surface area contributed by atoms with Crippen LogP contribution in [0.25, 0.3) is 33.3 Å². The van der Waals surface area contributed by atoms with Gasteiger partial charge in [-0.2, -0.15) is 0 Å². The lowest BCUT2D eigenvalue weighted by molar-refractivity contribution is -0.261. The van der Waals surface area contributed by atoms with E-state index in [9.17, 15) is 43.5 Å². The van der Waals surface area contributed by atoms with Gasteiger partial charge in [-0.1, -0.05) is 104 Å². The van der Waals surface area contributed by atoms with Crippen LogP contribution in [0.3, 0.4) is 0 Å². The first-order valence-corrected chi connectivity index (χ1v) is 32.9. The summed E-state index contributed by atoms with van der Waals surface area (Å²) >= 11 is 0. The third kappa shape index (κ3) is 15.8. The molecule has 2 N–H and O–H groups in total. The Morgan fingerprint density at radius 1 is 0.653 bits per heavy atom. The Balaban J connectivity index is 0.672. The summed E-state index contributed by atoms with van der Waals surface area (Å²) in [5.41, 5.74) is 10.3. The minimum Gasteiger partial charge on any atom is -0.478 e. The zero-order valence-corrected chi connectivity index (χ0v) is 55.7. The maximum atomic E-state index is 14.4. The summed E-state index contributed by atoms with van der Waals surface area (Å²) in [6, 6.07) is 42.0. The number of ketones is 1. The Morgan fingerprint density at radius 3 is 1.79 bits per heavy atom. The number of fused-ring (bicyclic) bond motifs is 7. The average Bonchev–Trinajstić information content (AvgIpc) is 1.03. The van der Waals surface area contributed by atoms with Crippen molar-refractivity contribution in [1.29, 1.82) is 0 Å². The predicted octanol–water partition coefficient (Wildman–Crippen LogP) is 9.85. The number of ether oxygens (including phenoxy) is 8. The number of hydrazine groups is 1. The van der Waals surface area contributed by atoms with Crippen molar-refractivity contribution >= 4 is 64.4 Å². The molecule has 0 unspecified atom stereocenters. The number of likely N-dealkylation sites (tertiary alicyclic amines) is 1. The van der Waals surface area contributed by atoms with Crippen LogP contribution in [0, 0.1) is 5.92 Å². The molecule has 2 aliphatic carbocycles. The number of hydrogen-bond donors (Lipinski definition) is 2. The van der Waals surface area contributed by atoms with Crippen molar-refractivity contribution in [1.82, 2.24) is 29.4 Å². The third-order valence-corrected chi connectivity index (χ3v) is 18.6. The predicted molar refractivity (Wildman–Crippen MR) is 359 cm³/mol. The van der Waals surface area contributed by atoms with Gasteiger partial charge in [0.1, 0.15) is 36.3 Å². The number of nitrogens with one attached hydrogen (secondary N) is 1. The lowest BCUT2D eigenvalue weighted by atomic mass is 9.88. The fourth-order valence-corrected chi connectivity index (χ4v) is 13.7. The molecule has 11 rings (SSSR count). The van der Waals surface area contributed by atoms with Gasteiger partial charge in [-0.3, -0.25) is 24.0 Å². The number of nitrogens with zero attached hydrogens (tertiary/aromatic N) is 6. The molecule has 5 aromatic carbocycles. The van der Waals surface area contributed by atoms with Gasteiger partial charge in [0.05, 0.1) is 39.4 Å². The monoisotopic (exact) mass is 1340 g/mol. The molecule has 514 valence electrons. The first kappa shape index (κ1) is 69.3. The van der Waals surface area contributed by atoms with Gasteiger partial charge in [-0.05, 0) is 94.6 Å². The normalized spacial score (nSPS) is 18.0. The number of carbonyl (C=O) groups is 8. The number of carbonyl (C=O) groups excluding carboxylic acids is 7. The number of carboxylic acids is 1. The van der Waals surface area contributed by atoms with Crippen LogP contribution in [-0.4, -0.2) is 186 Å². The molecule has 4 amide bonds. The molecule has 2 aromatic heterocycles. The third-order valence-electron chi connectivity index (χ3n) is 18.6. The SMILES string of the molecule is CC(=O)O[C@H]1[C@H](Oc2cc(NC(=O)CCOCCOCCN(C(=O)OCC3c4ccccc4-c4ccccc43)C3CCN(C(=O)CCn4c(CN(C)N(C)C(=O)OCC5c6ccccc6-c6ccccc65)cc5cccnc54)CC3)ccc2C(=O)O)O[C@H](C(C)=O)[C@@H](C)[C@@H]1OC(C)=O. The fraction of sp³-hybridized carbons (Fsp3) is 0.392. The van der Waals surface area contributed by atoms with Crippen molar-refractivity contribution in [3.05, 3.63) is 173 Å². The maximum absolute atomic E-state index is 14.4. The molecular formula is C74H81N7O17. The minimum absolute atomic E-state index is 0.0161. The van der Waals surface area contributed by atoms with Crippen LogP contribution in [0.1, 0.15) is 104 Å². The fourth-order valence-electron chi connectivity index (χ4n) is 13.7. The molecule has 2 aliphatic heterocycles. The Morgan fingerprint density at radius 2 is 1.21 bits per heavy atom. The van der Waals surface area contributed by atoms with Crippen molar-refractivity contribution in [2.75, 3.05) is 78.7 Å². The Bertz CT molecular complexity index is 4000.